The maximum Gasteiger partial charge on any atom is 0.225 e. The van der Waals surface area contributed by atoms with Crippen molar-refractivity contribution in [3.8, 4) is 0 Å². The van der Waals surface area contributed by atoms with Gasteiger partial charge >= 0.3 is 0 Å². The van der Waals surface area contributed by atoms with Crippen molar-refractivity contribution in [2.75, 3.05) is 13.2 Å². The average molecular weight is 277 g/mol. The van der Waals surface area contributed by atoms with Crippen LogP contribution < -0.4 is 5.32 Å². The molecule has 1 fully saturated rings. The number of carbonyl (C=O) groups is 1. The summed E-state index contributed by atoms with van der Waals surface area (Å²) in [6, 6.07) is 9.47. The average Bonchev–Trinajstić information content (AvgIpc) is 2.49. The van der Waals surface area contributed by atoms with Crippen molar-refractivity contribution < 1.29 is 14.6 Å². The van der Waals surface area contributed by atoms with Crippen LogP contribution in [0.4, 0.5) is 0 Å². The van der Waals surface area contributed by atoms with Gasteiger partial charge in [-0.2, -0.15) is 0 Å². The monoisotopic (exact) mass is 277 g/mol. The predicted molar refractivity (Wildman–Crippen MR) is 77.2 cm³/mol. The number of aliphatic hydroxyl groups is 1. The fourth-order valence-corrected chi connectivity index (χ4v) is 2.51. The van der Waals surface area contributed by atoms with Gasteiger partial charge in [0.2, 0.25) is 5.91 Å². The quantitative estimate of drug-likeness (QED) is 0.866. The molecule has 1 aliphatic rings. The highest BCUT2D eigenvalue weighted by atomic mass is 16.5. The number of benzene rings is 1. The van der Waals surface area contributed by atoms with E-state index in [-0.39, 0.29) is 17.9 Å². The first-order chi connectivity index (χ1) is 9.66. The van der Waals surface area contributed by atoms with E-state index >= 15 is 0 Å². The van der Waals surface area contributed by atoms with Crippen molar-refractivity contribution in [3.63, 3.8) is 0 Å². The molecule has 0 bridgehead atoms. The second-order valence-electron chi connectivity index (χ2n) is 5.49. The van der Waals surface area contributed by atoms with E-state index in [1.807, 2.05) is 37.3 Å². The van der Waals surface area contributed by atoms with Gasteiger partial charge in [-0.05, 0) is 31.7 Å². The highest BCUT2D eigenvalue weighted by Gasteiger charge is 2.23. The lowest BCUT2D eigenvalue weighted by Crippen LogP contribution is -2.40. The summed E-state index contributed by atoms with van der Waals surface area (Å²) in [5, 5.41) is 13.1. The molecular formula is C16H23NO3. The van der Waals surface area contributed by atoms with Gasteiger partial charge in [-0.1, -0.05) is 30.3 Å². The summed E-state index contributed by atoms with van der Waals surface area (Å²) in [7, 11) is 0. The number of rotatable bonds is 5. The molecule has 1 saturated heterocycles. The summed E-state index contributed by atoms with van der Waals surface area (Å²) < 4.78 is 5.32. The van der Waals surface area contributed by atoms with Gasteiger partial charge in [-0.3, -0.25) is 4.79 Å². The Kier molecular flexibility index (Phi) is 5.56. The summed E-state index contributed by atoms with van der Waals surface area (Å²) in [4.78, 5) is 12.1. The van der Waals surface area contributed by atoms with Crippen LogP contribution in [0.15, 0.2) is 30.3 Å². The van der Waals surface area contributed by atoms with Gasteiger partial charge in [0.1, 0.15) is 0 Å². The lowest BCUT2D eigenvalue weighted by atomic mass is 9.99. The lowest BCUT2D eigenvalue weighted by molar-refractivity contribution is -0.129. The molecule has 3 atom stereocenters. The van der Waals surface area contributed by atoms with Crippen LogP contribution in [0.5, 0.6) is 0 Å². The number of hydrogen-bond donors (Lipinski definition) is 2. The summed E-state index contributed by atoms with van der Waals surface area (Å²) in [5.74, 6) is -0.00229. The normalized spacial score (nSPS) is 22.0. The number of aliphatic hydroxyl groups excluding tert-OH is 1. The second-order valence-corrected chi connectivity index (χ2v) is 5.49. The van der Waals surface area contributed by atoms with Gasteiger partial charge < -0.3 is 15.2 Å². The van der Waals surface area contributed by atoms with Crippen LogP contribution in [0.1, 0.15) is 37.9 Å². The fourth-order valence-electron chi connectivity index (χ4n) is 2.51. The minimum atomic E-state index is -0.547. The first-order valence-corrected chi connectivity index (χ1v) is 7.28. The number of ether oxygens (including phenoxy) is 1. The summed E-state index contributed by atoms with van der Waals surface area (Å²) in [6.07, 6.45) is 1.80. The SMILES string of the molecule is C[C@H](C[C@H](O)c1ccccc1)NC(=O)[C@H]1CCCOC1. The Morgan fingerprint density at radius 3 is 2.85 bits per heavy atom. The highest BCUT2D eigenvalue weighted by Crippen LogP contribution is 2.19. The van der Waals surface area contributed by atoms with Crippen molar-refractivity contribution in [1.29, 1.82) is 0 Å². The molecule has 1 aliphatic heterocycles. The van der Waals surface area contributed by atoms with E-state index in [9.17, 15) is 9.90 Å². The van der Waals surface area contributed by atoms with Gasteiger partial charge in [0.25, 0.3) is 0 Å². The molecule has 0 saturated carbocycles. The molecule has 20 heavy (non-hydrogen) atoms. The summed E-state index contributed by atoms with van der Waals surface area (Å²) in [5.41, 5.74) is 0.884. The van der Waals surface area contributed by atoms with Crippen molar-refractivity contribution in [1.82, 2.24) is 5.32 Å². The molecule has 1 aromatic rings. The molecule has 2 N–H and O–H groups in total. The smallest absolute Gasteiger partial charge is 0.225 e. The molecule has 0 spiro atoms. The topological polar surface area (TPSA) is 58.6 Å². The van der Waals surface area contributed by atoms with E-state index < -0.39 is 6.10 Å². The van der Waals surface area contributed by atoms with Gasteiger partial charge in [0, 0.05) is 12.6 Å². The molecule has 1 amide bonds. The standard InChI is InChI=1S/C16H23NO3/c1-12(10-15(18)13-6-3-2-4-7-13)17-16(19)14-8-5-9-20-11-14/h2-4,6-7,12,14-15,18H,5,8-11H2,1H3,(H,17,19)/t12-,14+,15+/m1/s1. The molecule has 0 aliphatic carbocycles. The van der Waals surface area contributed by atoms with Gasteiger partial charge in [-0.25, -0.2) is 0 Å². The van der Waals surface area contributed by atoms with Crippen molar-refractivity contribution >= 4 is 5.91 Å². The van der Waals surface area contributed by atoms with Crippen LogP contribution in [0, 0.1) is 5.92 Å². The van der Waals surface area contributed by atoms with E-state index in [0.29, 0.717) is 13.0 Å². The van der Waals surface area contributed by atoms with Crippen molar-refractivity contribution in [2.45, 2.75) is 38.3 Å². The van der Waals surface area contributed by atoms with Gasteiger partial charge in [0.05, 0.1) is 18.6 Å². The molecule has 0 radical (unpaired) electrons. The van der Waals surface area contributed by atoms with Crippen LogP contribution >= 0.6 is 0 Å². The molecule has 4 heteroatoms. The maximum atomic E-state index is 12.1. The van der Waals surface area contributed by atoms with Crippen LogP contribution in [0.25, 0.3) is 0 Å². The number of nitrogens with one attached hydrogen (secondary N) is 1. The Morgan fingerprint density at radius 2 is 2.20 bits per heavy atom. The molecule has 110 valence electrons. The first kappa shape index (κ1) is 15.0. The zero-order valence-electron chi connectivity index (χ0n) is 11.9. The van der Waals surface area contributed by atoms with E-state index in [1.54, 1.807) is 0 Å². The molecule has 1 heterocycles. The molecular weight excluding hydrogens is 254 g/mol. The number of hydrogen-bond acceptors (Lipinski definition) is 3. The second kappa shape index (κ2) is 7.41. The van der Waals surface area contributed by atoms with Crippen molar-refractivity contribution in [2.24, 2.45) is 5.92 Å². The van der Waals surface area contributed by atoms with E-state index in [0.717, 1.165) is 25.0 Å². The molecule has 2 rings (SSSR count). The largest absolute Gasteiger partial charge is 0.388 e. The first-order valence-electron chi connectivity index (χ1n) is 7.28. The van der Waals surface area contributed by atoms with Crippen LogP contribution in [0.3, 0.4) is 0 Å². The molecule has 0 unspecified atom stereocenters. The Hall–Kier alpha value is -1.39. The van der Waals surface area contributed by atoms with Gasteiger partial charge in [0.15, 0.2) is 0 Å². The fraction of sp³-hybridized carbons (Fsp3) is 0.562. The minimum absolute atomic E-state index is 0.0393. The summed E-state index contributed by atoms with van der Waals surface area (Å²) >= 11 is 0. The Labute approximate surface area is 120 Å². The van der Waals surface area contributed by atoms with Crippen molar-refractivity contribution in [3.05, 3.63) is 35.9 Å². The molecule has 0 aromatic heterocycles. The van der Waals surface area contributed by atoms with Crippen LogP contribution in [0.2, 0.25) is 0 Å². The third-order valence-corrected chi connectivity index (χ3v) is 3.68. The number of carbonyl (C=O) groups excluding carboxylic acids is 1. The molecule has 4 nitrogen and oxygen atoms in total. The number of amides is 1. The molecule has 1 aromatic carbocycles. The van der Waals surface area contributed by atoms with Gasteiger partial charge in [-0.15, -0.1) is 0 Å². The maximum absolute atomic E-state index is 12.1. The third kappa shape index (κ3) is 4.32. The minimum Gasteiger partial charge on any atom is -0.388 e. The van der Waals surface area contributed by atoms with Crippen LogP contribution in [-0.4, -0.2) is 30.3 Å². The Bertz CT molecular complexity index is 415. The Balaban J connectivity index is 1.79. The van der Waals surface area contributed by atoms with E-state index in [4.69, 9.17) is 4.74 Å². The predicted octanol–water partition coefficient (Wildman–Crippen LogP) is 2.04. The zero-order chi connectivity index (χ0) is 14.4. The summed E-state index contributed by atoms with van der Waals surface area (Å²) in [6.45, 7) is 3.19. The third-order valence-electron chi connectivity index (χ3n) is 3.68. The van der Waals surface area contributed by atoms with E-state index in [2.05, 4.69) is 5.32 Å². The lowest BCUT2D eigenvalue weighted by Gasteiger charge is -2.24. The van der Waals surface area contributed by atoms with Crippen LogP contribution in [-0.2, 0) is 9.53 Å². The van der Waals surface area contributed by atoms with E-state index in [1.165, 1.54) is 0 Å². The Morgan fingerprint density at radius 1 is 1.45 bits per heavy atom. The highest BCUT2D eigenvalue weighted by molar-refractivity contribution is 5.79. The zero-order valence-corrected chi connectivity index (χ0v) is 11.9.